The number of methoxy groups -OCH3 is 1. The Balaban J connectivity index is 2.28. The molecule has 0 spiro atoms. The number of thioether (sulfide) groups is 1. The number of carbonyl (C=O) groups is 1. The normalized spacial score (nSPS) is 25.2. The van der Waals surface area contributed by atoms with E-state index in [0.29, 0.717) is 0 Å². The Hall–Kier alpha value is -0.220. The van der Waals surface area contributed by atoms with Gasteiger partial charge in [-0.15, -0.1) is 0 Å². The summed E-state index contributed by atoms with van der Waals surface area (Å²) in [6.45, 7) is 0. The average molecular weight is 204 g/mol. The fourth-order valence-electron chi connectivity index (χ4n) is 1.49. The van der Waals surface area contributed by atoms with Crippen molar-refractivity contribution in [1.82, 2.24) is 0 Å². The number of esters is 1. The fourth-order valence-corrected chi connectivity index (χ4v) is 2.72. The molecule has 1 aliphatic rings. The second kappa shape index (κ2) is 5.50. The first-order valence-corrected chi connectivity index (χ1v) is 5.72. The first-order valence-electron chi connectivity index (χ1n) is 4.56. The molecule has 1 saturated heterocycles. The van der Waals surface area contributed by atoms with Gasteiger partial charge in [0.2, 0.25) is 0 Å². The number of hydrogen-bond acceptors (Lipinski definition) is 4. The molecule has 1 fully saturated rings. The zero-order valence-corrected chi connectivity index (χ0v) is 8.68. The van der Waals surface area contributed by atoms with Crippen molar-refractivity contribution in [3.63, 3.8) is 0 Å². The molecule has 2 atom stereocenters. The van der Waals surface area contributed by atoms with E-state index in [4.69, 9.17) is 0 Å². The van der Waals surface area contributed by atoms with Gasteiger partial charge in [0.15, 0.2) is 0 Å². The van der Waals surface area contributed by atoms with Gasteiger partial charge >= 0.3 is 5.97 Å². The van der Waals surface area contributed by atoms with Gasteiger partial charge in [-0.1, -0.05) is 0 Å². The van der Waals surface area contributed by atoms with Gasteiger partial charge in [-0.2, -0.15) is 11.8 Å². The third-order valence-corrected chi connectivity index (χ3v) is 3.58. The summed E-state index contributed by atoms with van der Waals surface area (Å²) in [5.41, 5.74) is 0. The van der Waals surface area contributed by atoms with E-state index >= 15 is 0 Å². The predicted molar refractivity (Wildman–Crippen MR) is 52.7 cm³/mol. The van der Waals surface area contributed by atoms with Crippen LogP contribution in [0.3, 0.4) is 0 Å². The molecule has 0 amide bonds. The number of aliphatic hydroxyl groups is 1. The first-order chi connectivity index (χ1) is 6.24. The predicted octanol–water partition coefficient (Wildman–Crippen LogP) is 1.05. The lowest BCUT2D eigenvalue weighted by atomic mass is 9.96. The third kappa shape index (κ3) is 3.56. The van der Waals surface area contributed by atoms with Crippen molar-refractivity contribution in [2.75, 3.05) is 18.6 Å². The summed E-state index contributed by atoms with van der Waals surface area (Å²) in [6, 6.07) is 0. The van der Waals surface area contributed by atoms with Crippen molar-refractivity contribution in [2.24, 2.45) is 5.92 Å². The Labute approximate surface area is 82.8 Å². The summed E-state index contributed by atoms with van der Waals surface area (Å²) in [7, 11) is 1.35. The van der Waals surface area contributed by atoms with Crippen molar-refractivity contribution in [3.8, 4) is 0 Å². The third-order valence-electron chi connectivity index (χ3n) is 2.34. The molecule has 76 valence electrons. The minimum atomic E-state index is -0.514. The Kier molecular flexibility index (Phi) is 4.59. The largest absolute Gasteiger partial charge is 0.469 e. The average Bonchev–Trinajstić information content (AvgIpc) is 2.19. The molecule has 3 nitrogen and oxygen atoms in total. The smallest absolute Gasteiger partial charge is 0.308 e. The number of rotatable bonds is 3. The monoisotopic (exact) mass is 204 g/mol. The lowest BCUT2D eigenvalue weighted by Crippen LogP contribution is -2.28. The lowest BCUT2D eigenvalue weighted by molar-refractivity contribution is -0.143. The van der Waals surface area contributed by atoms with Crippen LogP contribution in [0, 0.1) is 5.92 Å². The van der Waals surface area contributed by atoms with Crippen LogP contribution >= 0.6 is 11.8 Å². The molecular weight excluding hydrogens is 188 g/mol. The van der Waals surface area contributed by atoms with Gasteiger partial charge in [0.25, 0.3) is 0 Å². The molecule has 13 heavy (non-hydrogen) atoms. The van der Waals surface area contributed by atoms with Crippen LogP contribution in [0.2, 0.25) is 0 Å². The SMILES string of the molecule is COC(=O)C[C@@H](O)C1CCCSC1. The van der Waals surface area contributed by atoms with Crippen LogP contribution in [-0.4, -0.2) is 35.8 Å². The maximum atomic E-state index is 10.9. The van der Waals surface area contributed by atoms with Crippen LogP contribution in [0.25, 0.3) is 0 Å². The molecule has 0 aromatic rings. The summed E-state index contributed by atoms with van der Waals surface area (Å²) >= 11 is 1.85. The molecule has 0 aliphatic carbocycles. The van der Waals surface area contributed by atoms with Crippen LogP contribution < -0.4 is 0 Å². The topological polar surface area (TPSA) is 46.5 Å². The minimum absolute atomic E-state index is 0.141. The lowest BCUT2D eigenvalue weighted by Gasteiger charge is -2.25. The highest BCUT2D eigenvalue weighted by Gasteiger charge is 2.24. The van der Waals surface area contributed by atoms with E-state index in [1.165, 1.54) is 12.9 Å². The molecule has 1 rings (SSSR count). The highest BCUT2D eigenvalue weighted by molar-refractivity contribution is 7.99. The summed E-state index contributed by atoms with van der Waals surface area (Å²) < 4.78 is 4.51. The van der Waals surface area contributed by atoms with Crippen LogP contribution in [0.5, 0.6) is 0 Å². The number of hydrogen-bond donors (Lipinski definition) is 1. The Morgan fingerprint density at radius 2 is 2.54 bits per heavy atom. The number of aliphatic hydroxyl groups excluding tert-OH is 1. The maximum absolute atomic E-state index is 10.9. The summed E-state index contributed by atoms with van der Waals surface area (Å²) in [6.07, 6.45) is 1.81. The van der Waals surface area contributed by atoms with Crippen molar-refractivity contribution >= 4 is 17.7 Å². The van der Waals surface area contributed by atoms with E-state index in [1.807, 2.05) is 11.8 Å². The zero-order valence-electron chi connectivity index (χ0n) is 7.86. The van der Waals surface area contributed by atoms with E-state index in [0.717, 1.165) is 18.6 Å². The highest BCUT2D eigenvalue weighted by atomic mass is 32.2. The van der Waals surface area contributed by atoms with Crippen LogP contribution in [0.15, 0.2) is 0 Å². The van der Waals surface area contributed by atoms with Crippen molar-refractivity contribution in [2.45, 2.75) is 25.4 Å². The molecule has 1 unspecified atom stereocenters. The van der Waals surface area contributed by atoms with Gasteiger partial charge in [0, 0.05) is 0 Å². The molecule has 0 aromatic heterocycles. The van der Waals surface area contributed by atoms with Gasteiger partial charge < -0.3 is 9.84 Å². The Morgan fingerprint density at radius 1 is 1.77 bits per heavy atom. The molecule has 4 heteroatoms. The second-order valence-electron chi connectivity index (χ2n) is 3.32. The number of carbonyl (C=O) groups excluding carboxylic acids is 1. The van der Waals surface area contributed by atoms with Gasteiger partial charge in [0.1, 0.15) is 0 Å². The fraction of sp³-hybridized carbons (Fsp3) is 0.889. The maximum Gasteiger partial charge on any atom is 0.308 e. The van der Waals surface area contributed by atoms with E-state index in [-0.39, 0.29) is 18.3 Å². The minimum Gasteiger partial charge on any atom is -0.469 e. The van der Waals surface area contributed by atoms with E-state index in [1.54, 1.807) is 0 Å². The summed E-state index contributed by atoms with van der Waals surface area (Å²) in [4.78, 5) is 10.9. The first kappa shape index (κ1) is 10.9. The molecule has 0 bridgehead atoms. The van der Waals surface area contributed by atoms with Crippen LogP contribution in [-0.2, 0) is 9.53 Å². The van der Waals surface area contributed by atoms with E-state index < -0.39 is 6.10 Å². The summed E-state index contributed by atoms with van der Waals surface area (Å²) in [5.74, 6) is 2.11. The molecule has 0 saturated carbocycles. The molecule has 1 heterocycles. The Morgan fingerprint density at radius 3 is 3.08 bits per heavy atom. The van der Waals surface area contributed by atoms with Crippen molar-refractivity contribution < 1.29 is 14.6 Å². The van der Waals surface area contributed by atoms with E-state index in [2.05, 4.69) is 4.74 Å². The van der Waals surface area contributed by atoms with Crippen LogP contribution in [0.1, 0.15) is 19.3 Å². The quantitative estimate of drug-likeness (QED) is 0.698. The molecule has 1 N–H and O–H groups in total. The van der Waals surface area contributed by atoms with Gasteiger partial charge in [0.05, 0.1) is 19.6 Å². The van der Waals surface area contributed by atoms with Crippen molar-refractivity contribution in [3.05, 3.63) is 0 Å². The number of ether oxygens (including phenoxy) is 1. The van der Waals surface area contributed by atoms with E-state index in [9.17, 15) is 9.90 Å². The van der Waals surface area contributed by atoms with Gasteiger partial charge in [-0.3, -0.25) is 4.79 Å². The zero-order chi connectivity index (χ0) is 9.68. The summed E-state index contributed by atoms with van der Waals surface area (Å²) in [5, 5.41) is 9.66. The van der Waals surface area contributed by atoms with Gasteiger partial charge in [-0.05, 0) is 30.3 Å². The molecule has 0 radical (unpaired) electrons. The second-order valence-corrected chi connectivity index (χ2v) is 4.47. The Bertz CT molecular complexity index is 166. The van der Waals surface area contributed by atoms with Crippen molar-refractivity contribution in [1.29, 1.82) is 0 Å². The molecule has 0 aromatic carbocycles. The molecule has 1 aliphatic heterocycles. The highest BCUT2D eigenvalue weighted by Crippen LogP contribution is 2.26. The molecular formula is C9H16O3S. The standard InChI is InChI=1S/C9H16O3S/c1-12-9(11)5-8(10)7-3-2-4-13-6-7/h7-8,10H,2-6H2,1H3/t7?,8-/m1/s1. The van der Waals surface area contributed by atoms with Gasteiger partial charge in [-0.25, -0.2) is 0 Å². The van der Waals surface area contributed by atoms with Crippen LogP contribution in [0.4, 0.5) is 0 Å².